The first kappa shape index (κ1) is 9.97. The van der Waals surface area contributed by atoms with E-state index in [-0.39, 0.29) is 12.6 Å². The number of rotatable bonds is 3. The molecule has 1 aliphatic rings. The van der Waals surface area contributed by atoms with Crippen LogP contribution < -0.4 is 0 Å². The predicted octanol–water partition coefficient (Wildman–Crippen LogP) is 1.33. The van der Waals surface area contributed by atoms with Crippen LogP contribution in [0.3, 0.4) is 0 Å². The topological polar surface area (TPSA) is 66.8 Å². The van der Waals surface area contributed by atoms with Gasteiger partial charge < -0.3 is 9.84 Å². The van der Waals surface area contributed by atoms with Crippen molar-refractivity contribution < 1.29 is 19.4 Å². The number of carbonyl (C=O) groups is 2. The van der Waals surface area contributed by atoms with Gasteiger partial charge in [0.2, 0.25) is 0 Å². The van der Waals surface area contributed by atoms with Crippen LogP contribution in [0.15, 0.2) is 17.5 Å². The Morgan fingerprint density at radius 3 is 3.13 bits per heavy atom. The van der Waals surface area contributed by atoms with Crippen LogP contribution in [0, 0.1) is 0 Å². The Balaban J connectivity index is 2.04. The standard InChI is InChI=1S/C9H9NO4S/c11-8(12)5-10-4-6(14-9(10)13)7-2-1-3-15-7/h1-3,6H,4-5H2,(H,11,12). The summed E-state index contributed by atoms with van der Waals surface area (Å²) in [7, 11) is 0. The Labute approximate surface area is 89.9 Å². The summed E-state index contributed by atoms with van der Waals surface area (Å²) in [6, 6.07) is 3.74. The second-order valence-electron chi connectivity index (χ2n) is 3.16. The highest BCUT2D eigenvalue weighted by Gasteiger charge is 2.33. The zero-order valence-electron chi connectivity index (χ0n) is 7.75. The summed E-state index contributed by atoms with van der Waals surface area (Å²) in [5.41, 5.74) is 0. The van der Waals surface area contributed by atoms with E-state index in [1.807, 2.05) is 17.5 Å². The third kappa shape index (κ3) is 2.10. The van der Waals surface area contributed by atoms with Crippen molar-refractivity contribution in [1.82, 2.24) is 4.90 Å². The highest BCUT2D eigenvalue weighted by molar-refractivity contribution is 7.10. The summed E-state index contributed by atoms with van der Waals surface area (Å²) in [6.45, 7) is 0.00630. The molecular weight excluding hydrogens is 218 g/mol. The number of cyclic esters (lactones) is 1. The summed E-state index contributed by atoms with van der Waals surface area (Å²) < 4.78 is 5.05. The molecule has 80 valence electrons. The first-order chi connectivity index (χ1) is 7.16. The second kappa shape index (κ2) is 3.90. The average molecular weight is 227 g/mol. The molecule has 2 rings (SSSR count). The molecule has 0 radical (unpaired) electrons. The Bertz CT molecular complexity index is 375. The Morgan fingerprint density at radius 2 is 2.53 bits per heavy atom. The Kier molecular flexibility index (Phi) is 2.59. The van der Waals surface area contributed by atoms with E-state index in [1.165, 1.54) is 16.2 Å². The van der Waals surface area contributed by atoms with Gasteiger partial charge in [-0.2, -0.15) is 0 Å². The van der Waals surface area contributed by atoms with Crippen molar-refractivity contribution in [3.63, 3.8) is 0 Å². The predicted molar refractivity (Wildman–Crippen MR) is 52.7 cm³/mol. The molecule has 1 aliphatic heterocycles. The Hall–Kier alpha value is -1.56. The summed E-state index contributed by atoms with van der Waals surface area (Å²) >= 11 is 1.49. The van der Waals surface area contributed by atoms with Crippen molar-refractivity contribution >= 4 is 23.4 Å². The third-order valence-corrected chi connectivity index (χ3v) is 3.04. The van der Waals surface area contributed by atoms with Crippen LogP contribution in [0.4, 0.5) is 4.79 Å². The summed E-state index contributed by atoms with van der Waals surface area (Å²) in [5.74, 6) is -1.03. The van der Waals surface area contributed by atoms with E-state index in [0.717, 1.165) is 4.88 Å². The first-order valence-corrected chi connectivity index (χ1v) is 5.25. The van der Waals surface area contributed by atoms with Crippen LogP contribution in [0.5, 0.6) is 0 Å². The van der Waals surface area contributed by atoms with Gasteiger partial charge in [-0.05, 0) is 11.4 Å². The minimum atomic E-state index is -1.03. The number of carboxylic acids is 1. The molecule has 15 heavy (non-hydrogen) atoms. The molecule has 1 aromatic heterocycles. The van der Waals surface area contributed by atoms with E-state index < -0.39 is 12.1 Å². The molecule has 1 unspecified atom stereocenters. The van der Waals surface area contributed by atoms with E-state index in [4.69, 9.17) is 9.84 Å². The van der Waals surface area contributed by atoms with Crippen molar-refractivity contribution in [1.29, 1.82) is 0 Å². The van der Waals surface area contributed by atoms with Gasteiger partial charge in [0.1, 0.15) is 6.54 Å². The molecule has 1 N–H and O–H groups in total. The quantitative estimate of drug-likeness (QED) is 0.845. The SMILES string of the molecule is O=C(O)CN1CC(c2cccs2)OC1=O. The van der Waals surface area contributed by atoms with Crippen LogP contribution in [-0.4, -0.2) is 35.2 Å². The maximum Gasteiger partial charge on any atom is 0.411 e. The van der Waals surface area contributed by atoms with Crippen molar-refractivity contribution in [3.8, 4) is 0 Å². The van der Waals surface area contributed by atoms with Gasteiger partial charge in [0.15, 0.2) is 6.10 Å². The molecule has 1 fully saturated rings. The van der Waals surface area contributed by atoms with Gasteiger partial charge in [0, 0.05) is 4.88 Å². The minimum Gasteiger partial charge on any atom is -0.480 e. The summed E-state index contributed by atoms with van der Waals surface area (Å²) in [5, 5.41) is 10.5. The van der Waals surface area contributed by atoms with Crippen LogP contribution in [0.25, 0.3) is 0 Å². The fourth-order valence-corrected chi connectivity index (χ4v) is 2.17. The normalized spacial score (nSPS) is 20.4. The molecule has 0 spiro atoms. The van der Waals surface area contributed by atoms with Crippen LogP contribution in [0.1, 0.15) is 11.0 Å². The Morgan fingerprint density at radius 1 is 1.73 bits per heavy atom. The minimum absolute atomic E-state index is 0.305. The number of carbonyl (C=O) groups excluding carboxylic acids is 1. The van der Waals surface area contributed by atoms with E-state index in [2.05, 4.69) is 0 Å². The molecule has 1 saturated heterocycles. The van der Waals surface area contributed by atoms with E-state index in [9.17, 15) is 9.59 Å². The molecule has 1 aromatic rings. The smallest absolute Gasteiger partial charge is 0.411 e. The lowest BCUT2D eigenvalue weighted by Crippen LogP contribution is -2.30. The van der Waals surface area contributed by atoms with Crippen molar-refractivity contribution in [2.45, 2.75) is 6.10 Å². The molecular formula is C9H9NO4S. The van der Waals surface area contributed by atoms with Gasteiger partial charge in [-0.15, -0.1) is 11.3 Å². The highest BCUT2D eigenvalue weighted by atomic mass is 32.1. The number of amides is 1. The maximum absolute atomic E-state index is 11.3. The van der Waals surface area contributed by atoms with Crippen molar-refractivity contribution in [3.05, 3.63) is 22.4 Å². The zero-order valence-corrected chi connectivity index (χ0v) is 8.57. The monoisotopic (exact) mass is 227 g/mol. The van der Waals surface area contributed by atoms with Crippen molar-refractivity contribution in [2.75, 3.05) is 13.1 Å². The molecule has 0 aromatic carbocycles. The number of aliphatic carboxylic acids is 1. The lowest BCUT2D eigenvalue weighted by Gasteiger charge is -2.07. The van der Waals surface area contributed by atoms with Crippen LogP contribution in [0.2, 0.25) is 0 Å². The fourth-order valence-electron chi connectivity index (χ4n) is 1.42. The molecule has 6 heteroatoms. The number of carboxylic acid groups (broad SMARTS) is 1. The fraction of sp³-hybridized carbons (Fsp3) is 0.333. The van der Waals surface area contributed by atoms with E-state index >= 15 is 0 Å². The van der Waals surface area contributed by atoms with Gasteiger partial charge in [-0.3, -0.25) is 9.69 Å². The zero-order chi connectivity index (χ0) is 10.8. The van der Waals surface area contributed by atoms with Gasteiger partial charge in [0.25, 0.3) is 0 Å². The number of hydrogen-bond donors (Lipinski definition) is 1. The second-order valence-corrected chi connectivity index (χ2v) is 4.14. The molecule has 0 aliphatic carbocycles. The van der Waals surface area contributed by atoms with Crippen LogP contribution in [-0.2, 0) is 9.53 Å². The third-order valence-electron chi connectivity index (χ3n) is 2.07. The molecule has 1 atom stereocenters. The van der Waals surface area contributed by atoms with E-state index in [1.54, 1.807) is 0 Å². The van der Waals surface area contributed by atoms with Crippen molar-refractivity contribution in [2.24, 2.45) is 0 Å². The maximum atomic E-state index is 11.3. The van der Waals surface area contributed by atoms with Gasteiger partial charge in [0.05, 0.1) is 6.54 Å². The summed E-state index contributed by atoms with van der Waals surface area (Å²) in [6.07, 6.45) is -0.882. The average Bonchev–Trinajstić information content (AvgIpc) is 2.75. The lowest BCUT2D eigenvalue weighted by atomic mass is 10.3. The number of ether oxygens (including phenoxy) is 1. The number of nitrogens with zero attached hydrogens (tertiary/aromatic N) is 1. The first-order valence-electron chi connectivity index (χ1n) is 4.37. The molecule has 0 bridgehead atoms. The van der Waals surface area contributed by atoms with Gasteiger partial charge in [-0.25, -0.2) is 4.79 Å². The van der Waals surface area contributed by atoms with Gasteiger partial charge in [-0.1, -0.05) is 6.07 Å². The largest absolute Gasteiger partial charge is 0.480 e. The summed E-state index contributed by atoms with van der Waals surface area (Å²) in [4.78, 5) is 23.8. The lowest BCUT2D eigenvalue weighted by molar-refractivity contribution is -0.137. The molecule has 5 nitrogen and oxygen atoms in total. The highest BCUT2D eigenvalue weighted by Crippen LogP contribution is 2.28. The van der Waals surface area contributed by atoms with Crippen LogP contribution >= 0.6 is 11.3 Å². The number of hydrogen-bond acceptors (Lipinski definition) is 4. The van der Waals surface area contributed by atoms with Gasteiger partial charge >= 0.3 is 12.1 Å². The molecule has 2 heterocycles. The molecule has 0 saturated carbocycles. The number of thiophene rings is 1. The van der Waals surface area contributed by atoms with E-state index in [0.29, 0.717) is 6.54 Å². The molecule has 1 amide bonds.